The van der Waals surface area contributed by atoms with Crippen molar-refractivity contribution in [1.29, 1.82) is 0 Å². The molecule has 0 aliphatic heterocycles. The van der Waals surface area contributed by atoms with Crippen LogP contribution in [-0.4, -0.2) is 22.5 Å². The van der Waals surface area contributed by atoms with Crippen molar-refractivity contribution in [3.8, 4) is 0 Å². The van der Waals surface area contributed by atoms with Crippen LogP contribution in [0.3, 0.4) is 0 Å². The minimum atomic E-state index is -0.933. The van der Waals surface area contributed by atoms with E-state index in [1.807, 2.05) is 0 Å². The lowest BCUT2D eigenvalue weighted by atomic mass is 10.2. The Morgan fingerprint density at radius 1 is 1.40 bits per heavy atom. The monoisotopic (exact) mass is 210 g/mol. The fourth-order valence-corrected chi connectivity index (χ4v) is 1.05. The molecule has 0 heterocycles. The van der Waals surface area contributed by atoms with Crippen molar-refractivity contribution >= 4 is 11.7 Å². The van der Waals surface area contributed by atoms with Gasteiger partial charge in [-0.05, 0) is 5.56 Å². The van der Waals surface area contributed by atoms with Gasteiger partial charge in [0, 0.05) is 18.7 Å². The highest BCUT2D eigenvalue weighted by atomic mass is 16.6. The number of non-ortho nitro benzene ring substituents is 1. The highest BCUT2D eigenvalue weighted by molar-refractivity contribution is 5.68. The van der Waals surface area contributed by atoms with Crippen LogP contribution in [0.4, 0.5) is 5.69 Å². The third kappa shape index (κ3) is 3.74. The number of rotatable bonds is 5. The number of carboxylic acids is 1. The van der Waals surface area contributed by atoms with Gasteiger partial charge in [0.2, 0.25) is 0 Å². The summed E-state index contributed by atoms with van der Waals surface area (Å²) in [5.74, 6) is -0.933. The molecule has 0 unspecified atom stereocenters. The summed E-state index contributed by atoms with van der Waals surface area (Å²) in [7, 11) is 0. The van der Waals surface area contributed by atoms with Crippen LogP contribution in [0.25, 0.3) is 0 Å². The van der Waals surface area contributed by atoms with E-state index in [1.54, 1.807) is 12.1 Å². The normalized spacial score (nSPS) is 9.87. The molecular weight excluding hydrogens is 200 g/mol. The summed E-state index contributed by atoms with van der Waals surface area (Å²) in [6, 6.07) is 5.95. The predicted octanol–water partition coefficient (Wildman–Crippen LogP) is 0.769. The number of aliphatic carboxylic acids is 1. The van der Waals surface area contributed by atoms with E-state index in [1.165, 1.54) is 12.1 Å². The number of nitro benzene ring substituents is 1. The Morgan fingerprint density at radius 2 is 2.00 bits per heavy atom. The van der Waals surface area contributed by atoms with Crippen LogP contribution in [0.1, 0.15) is 5.56 Å². The van der Waals surface area contributed by atoms with Gasteiger partial charge in [-0.2, -0.15) is 0 Å². The van der Waals surface area contributed by atoms with Crippen LogP contribution in [-0.2, 0) is 11.3 Å². The molecule has 0 amide bonds. The van der Waals surface area contributed by atoms with Crippen molar-refractivity contribution in [3.05, 3.63) is 39.9 Å². The van der Waals surface area contributed by atoms with Gasteiger partial charge in [-0.1, -0.05) is 12.1 Å². The molecule has 0 fully saturated rings. The van der Waals surface area contributed by atoms with Crippen LogP contribution < -0.4 is 5.32 Å². The van der Waals surface area contributed by atoms with Crippen molar-refractivity contribution in [2.75, 3.05) is 6.54 Å². The predicted molar refractivity (Wildman–Crippen MR) is 52.4 cm³/mol. The zero-order chi connectivity index (χ0) is 11.3. The van der Waals surface area contributed by atoms with Gasteiger partial charge in [0.1, 0.15) is 0 Å². The standard InChI is InChI=1S/C9H10N2O4/c12-9(13)6-10-5-7-1-3-8(4-2-7)11(14)15/h1-4,10H,5-6H2,(H,12,13). The van der Waals surface area contributed by atoms with Crippen molar-refractivity contribution in [2.24, 2.45) is 0 Å². The highest BCUT2D eigenvalue weighted by Crippen LogP contribution is 2.11. The molecule has 0 spiro atoms. The lowest BCUT2D eigenvalue weighted by molar-refractivity contribution is -0.384. The lowest BCUT2D eigenvalue weighted by Gasteiger charge is -2.01. The number of nitro groups is 1. The molecular formula is C9H10N2O4. The first-order valence-electron chi connectivity index (χ1n) is 4.25. The van der Waals surface area contributed by atoms with E-state index in [2.05, 4.69) is 5.32 Å². The minimum absolute atomic E-state index is 0.0250. The molecule has 0 aliphatic rings. The molecule has 1 aromatic rings. The van der Waals surface area contributed by atoms with Gasteiger partial charge in [-0.3, -0.25) is 14.9 Å². The smallest absolute Gasteiger partial charge is 0.317 e. The summed E-state index contributed by atoms with van der Waals surface area (Å²) >= 11 is 0. The van der Waals surface area contributed by atoms with Crippen molar-refractivity contribution in [2.45, 2.75) is 6.54 Å². The Balaban J connectivity index is 2.50. The molecule has 2 N–H and O–H groups in total. The Bertz CT molecular complexity index is 361. The van der Waals surface area contributed by atoms with Gasteiger partial charge in [-0.25, -0.2) is 0 Å². The van der Waals surface area contributed by atoms with Crippen molar-refractivity contribution in [3.63, 3.8) is 0 Å². The van der Waals surface area contributed by atoms with Crippen LogP contribution in [0, 0.1) is 10.1 Å². The van der Waals surface area contributed by atoms with Crippen LogP contribution in [0.15, 0.2) is 24.3 Å². The van der Waals surface area contributed by atoms with Crippen LogP contribution in [0.5, 0.6) is 0 Å². The maximum Gasteiger partial charge on any atom is 0.317 e. The summed E-state index contributed by atoms with van der Waals surface area (Å²) in [6.45, 7) is 0.251. The SMILES string of the molecule is O=C(O)CNCc1ccc([N+](=O)[O-])cc1. The topological polar surface area (TPSA) is 92.5 Å². The van der Waals surface area contributed by atoms with Crippen molar-refractivity contribution < 1.29 is 14.8 Å². The molecule has 80 valence electrons. The second-order valence-corrected chi connectivity index (χ2v) is 2.92. The van der Waals surface area contributed by atoms with Crippen molar-refractivity contribution in [1.82, 2.24) is 5.32 Å². The van der Waals surface area contributed by atoms with Gasteiger partial charge in [0.15, 0.2) is 0 Å². The molecule has 0 aromatic heterocycles. The average molecular weight is 210 g/mol. The maximum absolute atomic E-state index is 10.3. The zero-order valence-electron chi connectivity index (χ0n) is 7.84. The molecule has 0 radical (unpaired) electrons. The quantitative estimate of drug-likeness (QED) is 0.553. The number of benzene rings is 1. The Morgan fingerprint density at radius 3 is 2.47 bits per heavy atom. The molecule has 1 rings (SSSR count). The summed E-state index contributed by atoms with van der Waals surface area (Å²) in [5.41, 5.74) is 0.832. The van der Waals surface area contributed by atoms with E-state index < -0.39 is 10.9 Å². The molecule has 1 aromatic carbocycles. The van der Waals surface area contributed by atoms with E-state index >= 15 is 0 Å². The largest absolute Gasteiger partial charge is 0.480 e. The molecule has 0 bridgehead atoms. The summed E-state index contributed by atoms with van der Waals surface area (Å²) in [5, 5.41) is 21.4. The molecule has 6 heteroatoms. The summed E-state index contributed by atoms with van der Waals surface area (Å²) in [4.78, 5) is 20.0. The number of carboxylic acid groups (broad SMARTS) is 1. The molecule has 0 saturated carbocycles. The summed E-state index contributed by atoms with van der Waals surface area (Å²) in [6.07, 6.45) is 0. The molecule has 0 aliphatic carbocycles. The number of hydrogen-bond donors (Lipinski definition) is 2. The number of nitrogens with zero attached hydrogens (tertiary/aromatic N) is 1. The Hall–Kier alpha value is -1.95. The van der Waals surface area contributed by atoms with Gasteiger partial charge in [0.05, 0.1) is 11.5 Å². The van der Waals surface area contributed by atoms with Gasteiger partial charge >= 0.3 is 5.97 Å². The fourth-order valence-electron chi connectivity index (χ4n) is 1.05. The molecule has 0 saturated heterocycles. The average Bonchev–Trinajstić information content (AvgIpc) is 2.18. The first kappa shape index (κ1) is 11.1. The van der Waals surface area contributed by atoms with Gasteiger partial charge < -0.3 is 10.4 Å². The van der Waals surface area contributed by atoms with E-state index in [4.69, 9.17) is 5.11 Å². The number of nitrogens with one attached hydrogen (secondary N) is 1. The second kappa shape index (κ2) is 5.06. The molecule has 15 heavy (non-hydrogen) atoms. The minimum Gasteiger partial charge on any atom is -0.480 e. The second-order valence-electron chi connectivity index (χ2n) is 2.92. The Kier molecular flexibility index (Phi) is 3.75. The lowest BCUT2D eigenvalue weighted by Crippen LogP contribution is -2.21. The van der Waals surface area contributed by atoms with Crippen LogP contribution >= 0.6 is 0 Å². The number of carbonyl (C=O) groups is 1. The molecule has 0 atom stereocenters. The first-order chi connectivity index (χ1) is 7.09. The van der Waals surface area contributed by atoms with E-state index in [0.717, 1.165) is 5.56 Å². The highest BCUT2D eigenvalue weighted by Gasteiger charge is 2.03. The van der Waals surface area contributed by atoms with Crippen LogP contribution in [0.2, 0.25) is 0 Å². The summed E-state index contributed by atoms with van der Waals surface area (Å²) < 4.78 is 0. The van der Waals surface area contributed by atoms with E-state index in [9.17, 15) is 14.9 Å². The fraction of sp³-hybridized carbons (Fsp3) is 0.222. The van der Waals surface area contributed by atoms with Gasteiger partial charge in [-0.15, -0.1) is 0 Å². The van der Waals surface area contributed by atoms with E-state index in [0.29, 0.717) is 6.54 Å². The first-order valence-corrected chi connectivity index (χ1v) is 4.25. The third-order valence-electron chi connectivity index (χ3n) is 1.75. The van der Waals surface area contributed by atoms with Gasteiger partial charge in [0.25, 0.3) is 5.69 Å². The molecule has 6 nitrogen and oxygen atoms in total. The van der Waals surface area contributed by atoms with E-state index in [-0.39, 0.29) is 12.2 Å². The number of hydrogen-bond acceptors (Lipinski definition) is 4. The maximum atomic E-state index is 10.3. The zero-order valence-corrected chi connectivity index (χ0v) is 7.84. The Labute approximate surface area is 85.7 Å². The third-order valence-corrected chi connectivity index (χ3v) is 1.75.